The SMILES string of the molecule is O=C(O)c1coc(C(=O)Nc2nc(C3CC3)cs2)c1. The van der Waals surface area contributed by atoms with Crippen LogP contribution in [-0.4, -0.2) is 22.0 Å². The molecule has 0 radical (unpaired) electrons. The third kappa shape index (κ3) is 2.50. The molecule has 1 aliphatic carbocycles. The molecule has 98 valence electrons. The van der Waals surface area contributed by atoms with E-state index in [9.17, 15) is 9.59 Å². The highest BCUT2D eigenvalue weighted by Crippen LogP contribution is 2.40. The van der Waals surface area contributed by atoms with Gasteiger partial charge in [-0.3, -0.25) is 10.1 Å². The molecule has 2 aromatic rings. The van der Waals surface area contributed by atoms with Crippen LogP contribution in [0.2, 0.25) is 0 Å². The van der Waals surface area contributed by atoms with Crippen LogP contribution in [0.15, 0.2) is 22.1 Å². The van der Waals surface area contributed by atoms with E-state index >= 15 is 0 Å². The Morgan fingerprint density at radius 3 is 2.89 bits per heavy atom. The Bertz CT molecular complexity index is 642. The molecule has 2 N–H and O–H groups in total. The summed E-state index contributed by atoms with van der Waals surface area (Å²) >= 11 is 1.35. The monoisotopic (exact) mass is 278 g/mol. The Morgan fingerprint density at radius 2 is 2.26 bits per heavy atom. The van der Waals surface area contributed by atoms with Gasteiger partial charge in [-0.05, 0) is 12.8 Å². The number of amides is 1. The first-order chi connectivity index (χ1) is 9.13. The summed E-state index contributed by atoms with van der Waals surface area (Å²) in [5, 5.41) is 13.8. The van der Waals surface area contributed by atoms with Crippen LogP contribution in [-0.2, 0) is 0 Å². The van der Waals surface area contributed by atoms with E-state index in [4.69, 9.17) is 9.52 Å². The molecule has 0 saturated heterocycles. The van der Waals surface area contributed by atoms with Crippen LogP contribution in [0.4, 0.5) is 5.13 Å². The lowest BCUT2D eigenvalue weighted by molar-refractivity contribution is 0.0696. The van der Waals surface area contributed by atoms with Crippen LogP contribution in [0.3, 0.4) is 0 Å². The van der Waals surface area contributed by atoms with Gasteiger partial charge < -0.3 is 9.52 Å². The summed E-state index contributed by atoms with van der Waals surface area (Å²) in [5.74, 6) is -1.14. The number of furan rings is 1. The molecular formula is C12H10N2O4S. The van der Waals surface area contributed by atoms with Crippen molar-refractivity contribution in [1.82, 2.24) is 4.98 Å². The summed E-state index contributed by atoms with van der Waals surface area (Å²) in [5.41, 5.74) is 0.953. The Kier molecular flexibility index (Phi) is 2.83. The summed E-state index contributed by atoms with van der Waals surface area (Å²) < 4.78 is 4.91. The third-order valence-corrected chi connectivity index (χ3v) is 3.58. The van der Waals surface area contributed by atoms with E-state index in [0.717, 1.165) is 24.8 Å². The van der Waals surface area contributed by atoms with E-state index in [1.54, 1.807) is 0 Å². The fraction of sp³-hybridized carbons (Fsp3) is 0.250. The first-order valence-corrected chi connectivity index (χ1v) is 6.60. The fourth-order valence-electron chi connectivity index (χ4n) is 1.64. The lowest BCUT2D eigenvalue weighted by atomic mass is 10.3. The van der Waals surface area contributed by atoms with Crippen LogP contribution >= 0.6 is 11.3 Å². The molecule has 7 heteroatoms. The Labute approximate surface area is 112 Å². The third-order valence-electron chi connectivity index (χ3n) is 2.81. The molecule has 1 amide bonds. The first kappa shape index (κ1) is 11.9. The number of thiazole rings is 1. The minimum atomic E-state index is -1.13. The number of rotatable bonds is 4. The highest BCUT2D eigenvalue weighted by molar-refractivity contribution is 7.14. The van der Waals surface area contributed by atoms with Crippen molar-refractivity contribution in [1.29, 1.82) is 0 Å². The van der Waals surface area contributed by atoms with E-state index in [0.29, 0.717) is 11.0 Å². The molecule has 6 nitrogen and oxygen atoms in total. The molecule has 0 bridgehead atoms. The van der Waals surface area contributed by atoms with E-state index in [2.05, 4.69) is 10.3 Å². The van der Waals surface area contributed by atoms with Gasteiger partial charge >= 0.3 is 5.97 Å². The zero-order valence-corrected chi connectivity index (χ0v) is 10.6. The van der Waals surface area contributed by atoms with Gasteiger partial charge in [-0.15, -0.1) is 11.3 Å². The van der Waals surface area contributed by atoms with E-state index < -0.39 is 11.9 Å². The second-order valence-electron chi connectivity index (χ2n) is 4.31. The molecule has 2 aromatic heterocycles. The second kappa shape index (κ2) is 4.51. The van der Waals surface area contributed by atoms with Crippen molar-refractivity contribution in [2.45, 2.75) is 18.8 Å². The van der Waals surface area contributed by atoms with Crippen LogP contribution in [0.1, 0.15) is 45.4 Å². The summed E-state index contributed by atoms with van der Waals surface area (Å²) in [7, 11) is 0. The summed E-state index contributed by atoms with van der Waals surface area (Å²) in [6.07, 6.45) is 3.34. The minimum absolute atomic E-state index is 0.0411. The van der Waals surface area contributed by atoms with Gasteiger partial charge in [-0.2, -0.15) is 0 Å². The highest BCUT2D eigenvalue weighted by atomic mass is 32.1. The van der Waals surface area contributed by atoms with Crippen molar-refractivity contribution < 1.29 is 19.1 Å². The average molecular weight is 278 g/mol. The number of nitrogens with zero attached hydrogens (tertiary/aromatic N) is 1. The highest BCUT2D eigenvalue weighted by Gasteiger charge is 2.26. The van der Waals surface area contributed by atoms with Crippen LogP contribution in [0, 0.1) is 0 Å². The number of hydrogen-bond acceptors (Lipinski definition) is 5. The smallest absolute Gasteiger partial charge is 0.338 e. The number of aromatic nitrogens is 1. The van der Waals surface area contributed by atoms with E-state index in [1.807, 2.05) is 5.38 Å². The van der Waals surface area contributed by atoms with Crippen molar-refractivity contribution in [3.05, 3.63) is 34.7 Å². The van der Waals surface area contributed by atoms with Gasteiger partial charge in [-0.25, -0.2) is 9.78 Å². The van der Waals surface area contributed by atoms with Gasteiger partial charge in [0.15, 0.2) is 10.9 Å². The number of aromatic carboxylic acids is 1. The Morgan fingerprint density at radius 1 is 1.47 bits per heavy atom. The first-order valence-electron chi connectivity index (χ1n) is 5.72. The molecule has 2 heterocycles. The molecule has 19 heavy (non-hydrogen) atoms. The van der Waals surface area contributed by atoms with Gasteiger partial charge in [0, 0.05) is 17.4 Å². The lowest BCUT2D eigenvalue weighted by Gasteiger charge is -1.96. The Hall–Kier alpha value is -2.15. The Balaban J connectivity index is 1.70. The van der Waals surface area contributed by atoms with Gasteiger partial charge in [0.1, 0.15) is 6.26 Å². The largest absolute Gasteiger partial charge is 0.478 e. The molecule has 1 aliphatic rings. The second-order valence-corrected chi connectivity index (χ2v) is 5.17. The molecular weight excluding hydrogens is 268 g/mol. The van der Waals surface area contributed by atoms with Crippen molar-refractivity contribution in [2.75, 3.05) is 5.32 Å². The number of nitrogens with one attached hydrogen (secondary N) is 1. The number of carbonyl (C=O) groups excluding carboxylic acids is 1. The fourth-order valence-corrected chi connectivity index (χ4v) is 2.42. The van der Waals surface area contributed by atoms with Crippen LogP contribution in [0.5, 0.6) is 0 Å². The predicted molar refractivity (Wildman–Crippen MR) is 67.7 cm³/mol. The van der Waals surface area contributed by atoms with E-state index in [-0.39, 0.29) is 11.3 Å². The number of anilines is 1. The van der Waals surface area contributed by atoms with Gasteiger partial charge in [0.05, 0.1) is 11.3 Å². The van der Waals surface area contributed by atoms with E-state index in [1.165, 1.54) is 17.4 Å². The predicted octanol–water partition coefficient (Wildman–Crippen LogP) is 2.56. The molecule has 1 fully saturated rings. The normalized spacial score (nSPS) is 14.3. The van der Waals surface area contributed by atoms with Gasteiger partial charge in [-0.1, -0.05) is 0 Å². The van der Waals surface area contributed by atoms with Crippen molar-refractivity contribution in [3.8, 4) is 0 Å². The number of carbonyl (C=O) groups is 2. The topological polar surface area (TPSA) is 92.4 Å². The molecule has 0 unspecified atom stereocenters. The lowest BCUT2D eigenvalue weighted by Crippen LogP contribution is -2.10. The average Bonchev–Trinajstić information content (AvgIpc) is 2.92. The van der Waals surface area contributed by atoms with Crippen molar-refractivity contribution in [2.24, 2.45) is 0 Å². The molecule has 1 saturated carbocycles. The zero-order chi connectivity index (χ0) is 13.4. The summed E-state index contributed by atoms with van der Waals surface area (Å²) in [6, 6.07) is 1.19. The van der Waals surface area contributed by atoms with Crippen molar-refractivity contribution in [3.63, 3.8) is 0 Å². The van der Waals surface area contributed by atoms with Crippen LogP contribution in [0.25, 0.3) is 0 Å². The van der Waals surface area contributed by atoms with Gasteiger partial charge in [0.25, 0.3) is 5.91 Å². The molecule has 0 aliphatic heterocycles. The zero-order valence-electron chi connectivity index (χ0n) is 9.75. The number of carboxylic acid groups (broad SMARTS) is 1. The quantitative estimate of drug-likeness (QED) is 0.896. The summed E-state index contributed by atoms with van der Waals surface area (Å²) in [4.78, 5) is 26.8. The maximum absolute atomic E-state index is 11.8. The standard InChI is InChI=1S/C12H10N2O4S/c15-10(9-3-7(4-18-9)11(16)17)14-12-13-8(5-19-12)6-1-2-6/h3-6H,1-2H2,(H,16,17)(H,13,14,15). The van der Waals surface area contributed by atoms with Crippen molar-refractivity contribution >= 4 is 28.3 Å². The molecule has 0 atom stereocenters. The molecule has 0 spiro atoms. The maximum atomic E-state index is 11.8. The summed E-state index contributed by atoms with van der Waals surface area (Å²) in [6.45, 7) is 0. The number of carboxylic acids is 1. The van der Waals surface area contributed by atoms with Gasteiger partial charge in [0.2, 0.25) is 0 Å². The van der Waals surface area contributed by atoms with Crippen LogP contribution < -0.4 is 5.32 Å². The number of hydrogen-bond donors (Lipinski definition) is 2. The molecule has 0 aromatic carbocycles. The minimum Gasteiger partial charge on any atom is -0.478 e. The molecule has 3 rings (SSSR count). The maximum Gasteiger partial charge on any atom is 0.338 e.